The molecule has 2 atom stereocenters. The molecule has 8 heteroatoms. The lowest BCUT2D eigenvalue weighted by molar-refractivity contribution is -0.139. The lowest BCUT2D eigenvalue weighted by Crippen LogP contribution is -2.52. The predicted molar refractivity (Wildman–Crippen MR) is 156 cm³/mol. The average Bonchev–Trinajstić information content (AvgIpc) is 2.89. The molecule has 0 fully saturated rings. The molecule has 0 saturated carbocycles. The van der Waals surface area contributed by atoms with E-state index in [2.05, 4.69) is 5.32 Å². The normalized spacial score (nSPS) is 12.6. The third-order valence-electron chi connectivity index (χ3n) is 6.07. The highest BCUT2D eigenvalue weighted by Gasteiger charge is 2.31. The number of carbonyl (C=O) groups is 2. The summed E-state index contributed by atoms with van der Waals surface area (Å²) in [6.45, 7) is 4.10. The van der Waals surface area contributed by atoms with Gasteiger partial charge in [0.1, 0.15) is 6.04 Å². The van der Waals surface area contributed by atoms with Crippen LogP contribution >= 0.6 is 46.6 Å². The molecule has 0 unspecified atom stereocenters. The molecule has 0 bridgehead atoms. The minimum absolute atomic E-state index is 0.0223. The van der Waals surface area contributed by atoms with E-state index >= 15 is 0 Å². The van der Waals surface area contributed by atoms with Crippen LogP contribution in [-0.2, 0) is 28.3 Å². The number of halogens is 3. The first-order chi connectivity index (χ1) is 17.8. The third-order valence-corrected chi connectivity index (χ3v) is 8.02. The molecule has 3 rings (SSSR count). The van der Waals surface area contributed by atoms with Gasteiger partial charge in [0, 0.05) is 45.4 Å². The van der Waals surface area contributed by atoms with Crippen LogP contribution in [0, 0.1) is 0 Å². The smallest absolute Gasteiger partial charge is 0.243 e. The fourth-order valence-corrected chi connectivity index (χ4v) is 5.28. The van der Waals surface area contributed by atoms with E-state index in [4.69, 9.17) is 34.8 Å². The first-order valence-corrected chi connectivity index (χ1v) is 14.5. The number of nitrogens with zero attached hydrogens (tertiary/aromatic N) is 1. The number of rotatable bonds is 12. The molecular formula is C29H31Cl3N2O2S. The van der Waals surface area contributed by atoms with Crippen molar-refractivity contribution in [2.45, 2.75) is 51.1 Å². The van der Waals surface area contributed by atoms with Gasteiger partial charge in [0.15, 0.2) is 0 Å². The van der Waals surface area contributed by atoms with E-state index < -0.39 is 6.04 Å². The van der Waals surface area contributed by atoms with Crippen molar-refractivity contribution in [2.75, 3.05) is 5.75 Å². The summed E-state index contributed by atoms with van der Waals surface area (Å²) >= 11 is 20.5. The van der Waals surface area contributed by atoms with E-state index in [1.54, 1.807) is 23.1 Å². The van der Waals surface area contributed by atoms with Gasteiger partial charge in [0.05, 0.1) is 5.75 Å². The van der Waals surface area contributed by atoms with Crippen molar-refractivity contribution >= 4 is 58.4 Å². The molecule has 0 aliphatic carbocycles. The number of carbonyl (C=O) groups excluding carboxylic acids is 2. The van der Waals surface area contributed by atoms with Gasteiger partial charge < -0.3 is 10.2 Å². The lowest BCUT2D eigenvalue weighted by atomic mass is 10.0. The largest absolute Gasteiger partial charge is 0.352 e. The molecule has 4 nitrogen and oxygen atoms in total. The Morgan fingerprint density at radius 3 is 2.16 bits per heavy atom. The van der Waals surface area contributed by atoms with E-state index in [1.807, 2.05) is 68.4 Å². The van der Waals surface area contributed by atoms with Gasteiger partial charge in [-0.2, -0.15) is 0 Å². The minimum atomic E-state index is -0.729. The Balaban J connectivity index is 1.90. The first kappa shape index (κ1) is 29.4. The molecule has 0 aliphatic heterocycles. The van der Waals surface area contributed by atoms with Crippen molar-refractivity contribution in [3.05, 3.63) is 105 Å². The van der Waals surface area contributed by atoms with Crippen LogP contribution in [0.2, 0.25) is 15.1 Å². The molecule has 196 valence electrons. The van der Waals surface area contributed by atoms with Crippen molar-refractivity contribution < 1.29 is 9.59 Å². The van der Waals surface area contributed by atoms with Gasteiger partial charge in [0.2, 0.25) is 11.8 Å². The zero-order valence-electron chi connectivity index (χ0n) is 20.9. The van der Waals surface area contributed by atoms with Crippen LogP contribution in [0.5, 0.6) is 0 Å². The molecule has 0 spiro atoms. The van der Waals surface area contributed by atoms with E-state index in [9.17, 15) is 9.59 Å². The molecule has 0 heterocycles. The van der Waals surface area contributed by atoms with Crippen molar-refractivity contribution in [1.29, 1.82) is 0 Å². The molecule has 1 N–H and O–H groups in total. The summed E-state index contributed by atoms with van der Waals surface area (Å²) in [4.78, 5) is 28.9. The maximum Gasteiger partial charge on any atom is 0.243 e. The molecule has 2 amide bonds. The van der Waals surface area contributed by atoms with E-state index in [0.717, 1.165) is 17.5 Å². The summed E-state index contributed by atoms with van der Waals surface area (Å²) in [6, 6.07) is 21.8. The second-order valence-electron chi connectivity index (χ2n) is 8.86. The number of nitrogens with one attached hydrogen (secondary N) is 1. The number of hydrogen-bond donors (Lipinski definition) is 1. The summed E-state index contributed by atoms with van der Waals surface area (Å²) in [6.07, 6.45) is 1.16. The monoisotopic (exact) mass is 576 g/mol. The SMILES string of the molecule is CC[C@@H](C)NC(=O)[C@H](Cc1ccccc1)N(Cc1c(Cl)cccc1Cl)C(=O)CSCc1ccc(Cl)cc1. The summed E-state index contributed by atoms with van der Waals surface area (Å²) in [5.74, 6) is 0.492. The maximum absolute atomic E-state index is 13.7. The van der Waals surface area contributed by atoms with Gasteiger partial charge in [-0.25, -0.2) is 0 Å². The zero-order chi connectivity index (χ0) is 26.8. The van der Waals surface area contributed by atoms with E-state index in [1.165, 1.54) is 11.8 Å². The molecule has 0 aliphatic rings. The number of benzene rings is 3. The highest BCUT2D eigenvalue weighted by Crippen LogP contribution is 2.28. The van der Waals surface area contributed by atoms with Crippen LogP contribution in [0.15, 0.2) is 72.8 Å². The topological polar surface area (TPSA) is 49.4 Å². The van der Waals surface area contributed by atoms with Gasteiger partial charge in [-0.1, -0.05) is 90.3 Å². The Morgan fingerprint density at radius 1 is 0.892 bits per heavy atom. The fraction of sp³-hybridized carbons (Fsp3) is 0.310. The van der Waals surface area contributed by atoms with Gasteiger partial charge in [-0.3, -0.25) is 9.59 Å². The number of amides is 2. The molecular weight excluding hydrogens is 547 g/mol. The van der Waals surface area contributed by atoms with Crippen LogP contribution in [0.3, 0.4) is 0 Å². The Labute approximate surface area is 238 Å². The van der Waals surface area contributed by atoms with E-state index in [0.29, 0.717) is 32.8 Å². The van der Waals surface area contributed by atoms with Gasteiger partial charge in [-0.05, 0) is 48.7 Å². The van der Waals surface area contributed by atoms with Crippen LogP contribution < -0.4 is 5.32 Å². The fourth-order valence-electron chi connectivity index (χ4n) is 3.77. The van der Waals surface area contributed by atoms with Gasteiger partial charge >= 0.3 is 0 Å². The summed E-state index contributed by atoms with van der Waals surface area (Å²) < 4.78 is 0. The van der Waals surface area contributed by atoms with Crippen molar-refractivity contribution in [2.24, 2.45) is 0 Å². The van der Waals surface area contributed by atoms with Crippen molar-refractivity contribution in [3.63, 3.8) is 0 Å². The van der Waals surface area contributed by atoms with Crippen LogP contribution in [0.25, 0.3) is 0 Å². The highest BCUT2D eigenvalue weighted by molar-refractivity contribution is 7.99. The number of hydrogen-bond acceptors (Lipinski definition) is 3. The molecule has 3 aromatic carbocycles. The minimum Gasteiger partial charge on any atom is -0.352 e. The quantitative estimate of drug-likeness (QED) is 0.243. The maximum atomic E-state index is 13.7. The molecule has 3 aromatic rings. The predicted octanol–water partition coefficient (Wildman–Crippen LogP) is 7.43. The first-order valence-electron chi connectivity index (χ1n) is 12.2. The molecule has 0 aromatic heterocycles. The van der Waals surface area contributed by atoms with Crippen molar-refractivity contribution in [1.82, 2.24) is 10.2 Å². The second-order valence-corrected chi connectivity index (χ2v) is 11.1. The molecule has 0 saturated heterocycles. The zero-order valence-corrected chi connectivity index (χ0v) is 24.0. The summed E-state index contributed by atoms with van der Waals surface area (Å²) in [5.41, 5.74) is 2.65. The summed E-state index contributed by atoms with van der Waals surface area (Å²) in [5, 5.41) is 4.66. The number of thioether (sulfide) groups is 1. The highest BCUT2D eigenvalue weighted by atomic mass is 35.5. The standard InChI is InChI=1S/C29H31Cl3N2O2S/c1-3-20(2)33-29(36)27(16-21-8-5-4-6-9-21)34(17-24-25(31)10-7-11-26(24)32)28(35)19-37-18-22-12-14-23(30)15-13-22/h4-15,20,27H,3,16-19H2,1-2H3,(H,33,36)/t20-,27+/m1/s1. The third kappa shape index (κ3) is 8.96. The van der Waals surface area contributed by atoms with Gasteiger partial charge in [0.25, 0.3) is 0 Å². The van der Waals surface area contributed by atoms with E-state index in [-0.39, 0.29) is 30.2 Å². The van der Waals surface area contributed by atoms with Crippen LogP contribution in [-0.4, -0.2) is 34.6 Å². The second kappa shape index (κ2) is 14.7. The Hall–Kier alpha value is -2.18. The summed E-state index contributed by atoms with van der Waals surface area (Å²) in [7, 11) is 0. The molecule has 37 heavy (non-hydrogen) atoms. The van der Waals surface area contributed by atoms with Crippen LogP contribution in [0.1, 0.15) is 37.0 Å². The Kier molecular flexibility index (Phi) is 11.7. The Morgan fingerprint density at radius 2 is 1.54 bits per heavy atom. The van der Waals surface area contributed by atoms with Crippen LogP contribution in [0.4, 0.5) is 0 Å². The van der Waals surface area contributed by atoms with Crippen molar-refractivity contribution in [3.8, 4) is 0 Å². The molecule has 0 radical (unpaired) electrons. The average molecular weight is 578 g/mol. The lowest BCUT2D eigenvalue weighted by Gasteiger charge is -2.32. The van der Waals surface area contributed by atoms with Gasteiger partial charge in [-0.15, -0.1) is 11.8 Å². The Bertz CT molecular complexity index is 1160.